The number of rotatable bonds is 3. The number of amides is 1. The average Bonchev–Trinajstić information content (AvgIpc) is 2.19. The maximum absolute atomic E-state index is 12.4. The SMILES string of the molecule is CC(C)(CF)NC(=O)c1cnccn1. The standard InChI is InChI=1S/C9H12FN3O/c1-9(2,6-10)13-8(14)7-5-11-3-4-12-7/h3-5H,6H2,1-2H3,(H,13,14). The second-order valence-electron chi connectivity index (χ2n) is 3.56. The normalized spacial score (nSPS) is 11.1. The fourth-order valence-corrected chi connectivity index (χ4v) is 0.821. The maximum Gasteiger partial charge on any atom is 0.271 e. The Labute approximate surface area is 81.6 Å². The zero-order valence-corrected chi connectivity index (χ0v) is 8.12. The van der Waals surface area contributed by atoms with Crippen LogP contribution in [0.4, 0.5) is 4.39 Å². The van der Waals surface area contributed by atoms with Gasteiger partial charge in [0.2, 0.25) is 0 Å². The molecule has 0 aromatic carbocycles. The summed E-state index contributed by atoms with van der Waals surface area (Å²) in [6.45, 7) is 2.57. The summed E-state index contributed by atoms with van der Waals surface area (Å²) < 4.78 is 12.4. The van der Waals surface area contributed by atoms with E-state index in [0.717, 1.165) is 0 Å². The van der Waals surface area contributed by atoms with Gasteiger partial charge in [0.15, 0.2) is 0 Å². The van der Waals surface area contributed by atoms with Gasteiger partial charge in [0.25, 0.3) is 5.91 Å². The Morgan fingerprint density at radius 2 is 2.29 bits per heavy atom. The van der Waals surface area contributed by atoms with Crippen molar-refractivity contribution in [3.05, 3.63) is 24.3 Å². The van der Waals surface area contributed by atoms with Gasteiger partial charge in [-0.2, -0.15) is 0 Å². The van der Waals surface area contributed by atoms with E-state index in [0.29, 0.717) is 0 Å². The lowest BCUT2D eigenvalue weighted by molar-refractivity contribution is 0.0894. The molecule has 0 spiro atoms. The van der Waals surface area contributed by atoms with Gasteiger partial charge in [-0.1, -0.05) is 0 Å². The summed E-state index contributed by atoms with van der Waals surface area (Å²) in [6, 6.07) is 0. The molecule has 0 aliphatic carbocycles. The van der Waals surface area contributed by atoms with Crippen molar-refractivity contribution in [1.29, 1.82) is 0 Å². The molecule has 76 valence electrons. The summed E-state index contributed by atoms with van der Waals surface area (Å²) in [5, 5.41) is 2.51. The zero-order valence-electron chi connectivity index (χ0n) is 8.12. The van der Waals surface area contributed by atoms with Gasteiger partial charge in [0.05, 0.1) is 11.7 Å². The minimum atomic E-state index is -0.866. The van der Waals surface area contributed by atoms with Gasteiger partial charge in [-0.25, -0.2) is 9.37 Å². The Morgan fingerprint density at radius 3 is 2.79 bits per heavy atom. The van der Waals surface area contributed by atoms with Crippen molar-refractivity contribution in [2.45, 2.75) is 19.4 Å². The van der Waals surface area contributed by atoms with Crippen LogP contribution in [0.1, 0.15) is 24.3 Å². The Bertz CT molecular complexity index is 313. The van der Waals surface area contributed by atoms with E-state index < -0.39 is 18.1 Å². The van der Waals surface area contributed by atoms with E-state index in [2.05, 4.69) is 15.3 Å². The van der Waals surface area contributed by atoms with Crippen LogP contribution in [0.25, 0.3) is 0 Å². The van der Waals surface area contributed by atoms with Crippen LogP contribution in [0.2, 0.25) is 0 Å². The summed E-state index contributed by atoms with van der Waals surface area (Å²) in [6.07, 6.45) is 4.22. The number of aromatic nitrogens is 2. The van der Waals surface area contributed by atoms with Crippen molar-refractivity contribution in [3.8, 4) is 0 Å². The number of nitrogens with one attached hydrogen (secondary N) is 1. The van der Waals surface area contributed by atoms with Gasteiger partial charge in [-0.3, -0.25) is 9.78 Å². The molecule has 0 radical (unpaired) electrons. The molecule has 1 amide bonds. The highest BCUT2D eigenvalue weighted by Gasteiger charge is 2.21. The van der Waals surface area contributed by atoms with E-state index in [1.807, 2.05) is 0 Å². The Balaban J connectivity index is 2.69. The number of carbonyl (C=O) groups is 1. The molecular weight excluding hydrogens is 185 g/mol. The highest BCUT2D eigenvalue weighted by Crippen LogP contribution is 2.03. The molecule has 4 nitrogen and oxygen atoms in total. The molecule has 14 heavy (non-hydrogen) atoms. The Morgan fingerprint density at radius 1 is 1.57 bits per heavy atom. The van der Waals surface area contributed by atoms with E-state index in [9.17, 15) is 9.18 Å². The third-order valence-electron chi connectivity index (χ3n) is 1.58. The highest BCUT2D eigenvalue weighted by atomic mass is 19.1. The molecule has 0 saturated heterocycles. The van der Waals surface area contributed by atoms with Gasteiger partial charge in [-0.05, 0) is 13.8 Å². The lowest BCUT2D eigenvalue weighted by Gasteiger charge is -2.21. The molecule has 1 rings (SSSR count). The topological polar surface area (TPSA) is 54.9 Å². The van der Waals surface area contributed by atoms with Crippen molar-refractivity contribution in [3.63, 3.8) is 0 Å². The first-order valence-electron chi connectivity index (χ1n) is 4.20. The fraction of sp³-hybridized carbons (Fsp3) is 0.444. The first-order chi connectivity index (χ1) is 6.55. The second kappa shape index (κ2) is 4.13. The third kappa shape index (κ3) is 2.76. The van der Waals surface area contributed by atoms with Gasteiger partial charge < -0.3 is 5.32 Å². The molecule has 1 aromatic rings. The average molecular weight is 197 g/mol. The van der Waals surface area contributed by atoms with Crippen molar-refractivity contribution in [1.82, 2.24) is 15.3 Å². The predicted molar refractivity (Wildman–Crippen MR) is 49.6 cm³/mol. The number of hydrogen-bond donors (Lipinski definition) is 1. The molecule has 0 fully saturated rings. The third-order valence-corrected chi connectivity index (χ3v) is 1.58. The van der Waals surface area contributed by atoms with Crippen LogP contribution in [-0.4, -0.2) is 28.1 Å². The van der Waals surface area contributed by atoms with Crippen LogP contribution in [0.3, 0.4) is 0 Å². The fourth-order valence-electron chi connectivity index (χ4n) is 0.821. The van der Waals surface area contributed by atoms with Gasteiger partial charge in [0.1, 0.15) is 12.4 Å². The van der Waals surface area contributed by atoms with Crippen LogP contribution < -0.4 is 5.32 Å². The number of carbonyl (C=O) groups excluding carboxylic acids is 1. The molecule has 0 aliphatic heterocycles. The van der Waals surface area contributed by atoms with Crippen LogP contribution in [0, 0.1) is 0 Å². The van der Waals surface area contributed by atoms with Crippen LogP contribution in [0.5, 0.6) is 0 Å². The van der Waals surface area contributed by atoms with Crippen molar-refractivity contribution in [2.75, 3.05) is 6.67 Å². The summed E-state index contributed by atoms with van der Waals surface area (Å²) in [7, 11) is 0. The molecule has 0 aliphatic rings. The summed E-state index contributed by atoms with van der Waals surface area (Å²) in [4.78, 5) is 19.0. The van der Waals surface area contributed by atoms with Gasteiger partial charge in [0, 0.05) is 12.4 Å². The summed E-state index contributed by atoms with van der Waals surface area (Å²) in [5.41, 5.74) is -0.678. The van der Waals surface area contributed by atoms with Crippen LogP contribution >= 0.6 is 0 Å². The van der Waals surface area contributed by atoms with E-state index in [-0.39, 0.29) is 5.69 Å². The van der Waals surface area contributed by atoms with Gasteiger partial charge in [-0.15, -0.1) is 0 Å². The van der Waals surface area contributed by atoms with Crippen LogP contribution in [0.15, 0.2) is 18.6 Å². The summed E-state index contributed by atoms with van der Waals surface area (Å²) >= 11 is 0. The quantitative estimate of drug-likeness (QED) is 0.785. The van der Waals surface area contributed by atoms with Crippen molar-refractivity contribution >= 4 is 5.91 Å². The zero-order chi connectivity index (χ0) is 10.6. The van der Waals surface area contributed by atoms with E-state index >= 15 is 0 Å². The molecule has 1 N–H and O–H groups in total. The molecule has 0 unspecified atom stereocenters. The summed E-state index contributed by atoms with van der Waals surface area (Å²) in [5.74, 6) is -0.416. The molecule has 0 saturated carbocycles. The molecule has 1 heterocycles. The number of halogens is 1. The number of nitrogens with zero attached hydrogens (tertiary/aromatic N) is 2. The Hall–Kier alpha value is -1.52. The lowest BCUT2D eigenvalue weighted by Crippen LogP contribution is -2.45. The minimum Gasteiger partial charge on any atom is -0.343 e. The minimum absolute atomic E-state index is 0.189. The highest BCUT2D eigenvalue weighted by molar-refractivity contribution is 5.92. The van der Waals surface area contributed by atoms with E-state index in [4.69, 9.17) is 0 Å². The van der Waals surface area contributed by atoms with E-state index in [1.54, 1.807) is 13.8 Å². The van der Waals surface area contributed by atoms with E-state index in [1.165, 1.54) is 18.6 Å². The maximum atomic E-state index is 12.4. The molecule has 1 aromatic heterocycles. The largest absolute Gasteiger partial charge is 0.343 e. The molecule has 5 heteroatoms. The van der Waals surface area contributed by atoms with Crippen molar-refractivity contribution in [2.24, 2.45) is 0 Å². The molecule has 0 bridgehead atoms. The smallest absolute Gasteiger partial charge is 0.271 e. The first-order valence-corrected chi connectivity index (χ1v) is 4.20. The monoisotopic (exact) mass is 197 g/mol. The van der Waals surface area contributed by atoms with Gasteiger partial charge >= 0.3 is 0 Å². The lowest BCUT2D eigenvalue weighted by atomic mass is 10.1. The Kier molecular flexibility index (Phi) is 3.11. The van der Waals surface area contributed by atoms with Crippen LogP contribution in [-0.2, 0) is 0 Å². The number of alkyl halides is 1. The first kappa shape index (κ1) is 10.6. The second-order valence-corrected chi connectivity index (χ2v) is 3.56. The number of hydrogen-bond acceptors (Lipinski definition) is 3. The molecule has 0 atom stereocenters. The van der Waals surface area contributed by atoms with Crippen molar-refractivity contribution < 1.29 is 9.18 Å². The predicted octanol–water partition coefficient (Wildman–Crippen LogP) is 0.954. The molecular formula is C9H12FN3O.